The Morgan fingerprint density at radius 3 is 2.45 bits per heavy atom. The van der Waals surface area contributed by atoms with Gasteiger partial charge in [0.1, 0.15) is 0 Å². The molecule has 0 radical (unpaired) electrons. The summed E-state index contributed by atoms with van der Waals surface area (Å²) in [6.07, 6.45) is 3.32. The molecule has 1 aromatic rings. The molecule has 1 aliphatic rings. The van der Waals surface area contributed by atoms with E-state index in [2.05, 4.69) is 24.0 Å². The van der Waals surface area contributed by atoms with E-state index < -0.39 is 0 Å². The normalized spacial score (nSPS) is 14.6. The summed E-state index contributed by atoms with van der Waals surface area (Å²) in [5, 5.41) is 0. The lowest BCUT2D eigenvalue weighted by Crippen LogP contribution is -2.39. The molecule has 1 saturated heterocycles. The van der Waals surface area contributed by atoms with Crippen molar-refractivity contribution in [3.8, 4) is 0 Å². The van der Waals surface area contributed by atoms with Gasteiger partial charge in [-0.25, -0.2) is 0 Å². The number of nitrogens with two attached hydrogens (primary N) is 1. The standard InChI is InChI=1S/C16H25N3O/c1-2-9-19(13-16(20)18-10-3-4-11-18)15-7-5-14(12-17)6-8-15/h5-8H,2-4,9-13,17H2,1H3. The summed E-state index contributed by atoms with van der Waals surface area (Å²) >= 11 is 0. The van der Waals surface area contributed by atoms with E-state index in [1.54, 1.807) is 0 Å². The maximum atomic E-state index is 12.3. The molecule has 110 valence electrons. The van der Waals surface area contributed by atoms with E-state index in [9.17, 15) is 4.79 Å². The molecule has 2 rings (SSSR count). The Morgan fingerprint density at radius 1 is 1.25 bits per heavy atom. The van der Waals surface area contributed by atoms with Gasteiger partial charge in [0.2, 0.25) is 5.91 Å². The molecule has 0 aliphatic carbocycles. The zero-order valence-corrected chi connectivity index (χ0v) is 12.3. The highest BCUT2D eigenvalue weighted by molar-refractivity contribution is 5.81. The van der Waals surface area contributed by atoms with E-state index in [-0.39, 0.29) is 5.91 Å². The van der Waals surface area contributed by atoms with Crippen LogP contribution in [0.2, 0.25) is 0 Å². The number of rotatable bonds is 6. The van der Waals surface area contributed by atoms with E-state index >= 15 is 0 Å². The van der Waals surface area contributed by atoms with Crippen LogP contribution in [0.15, 0.2) is 24.3 Å². The molecule has 1 aliphatic heterocycles. The first-order valence-electron chi connectivity index (χ1n) is 7.56. The van der Waals surface area contributed by atoms with Crippen LogP contribution in [0, 0.1) is 0 Å². The van der Waals surface area contributed by atoms with Crippen molar-refractivity contribution in [2.45, 2.75) is 32.7 Å². The van der Waals surface area contributed by atoms with E-state index in [1.165, 1.54) is 0 Å². The second kappa shape index (κ2) is 7.29. The Morgan fingerprint density at radius 2 is 1.90 bits per heavy atom. The molecule has 0 saturated carbocycles. The van der Waals surface area contributed by atoms with Crippen LogP contribution in [0.1, 0.15) is 31.7 Å². The zero-order valence-electron chi connectivity index (χ0n) is 12.3. The molecular weight excluding hydrogens is 250 g/mol. The molecule has 1 heterocycles. The highest BCUT2D eigenvalue weighted by Crippen LogP contribution is 2.17. The summed E-state index contributed by atoms with van der Waals surface area (Å²) < 4.78 is 0. The number of amides is 1. The third-order valence-corrected chi connectivity index (χ3v) is 3.82. The molecule has 0 spiro atoms. The second-order valence-corrected chi connectivity index (χ2v) is 5.38. The van der Waals surface area contributed by atoms with Gasteiger partial charge in [0.05, 0.1) is 6.54 Å². The Kier molecular flexibility index (Phi) is 5.41. The molecule has 0 atom stereocenters. The smallest absolute Gasteiger partial charge is 0.242 e. The van der Waals surface area contributed by atoms with Gasteiger partial charge in [0, 0.05) is 31.9 Å². The first-order chi connectivity index (χ1) is 9.74. The summed E-state index contributed by atoms with van der Waals surface area (Å²) in [6.45, 7) is 5.93. The number of anilines is 1. The average Bonchev–Trinajstić information content (AvgIpc) is 3.01. The highest BCUT2D eigenvalue weighted by atomic mass is 16.2. The fraction of sp³-hybridized carbons (Fsp3) is 0.562. The summed E-state index contributed by atoms with van der Waals surface area (Å²) in [4.78, 5) is 16.4. The third-order valence-electron chi connectivity index (χ3n) is 3.82. The van der Waals surface area contributed by atoms with Gasteiger partial charge in [-0.2, -0.15) is 0 Å². The monoisotopic (exact) mass is 275 g/mol. The van der Waals surface area contributed by atoms with Crippen LogP contribution in [0.5, 0.6) is 0 Å². The molecule has 0 unspecified atom stereocenters. The Hall–Kier alpha value is -1.55. The zero-order chi connectivity index (χ0) is 14.4. The van der Waals surface area contributed by atoms with Gasteiger partial charge >= 0.3 is 0 Å². The molecule has 1 amide bonds. The van der Waals surface area contributed by atoms with Crippen molar-refractivity contribution in [2.24, 2.45) is 5.73 Å². The van der Waals surface area contributed by atoms with Crippen LogP contribution in [-0.2, 0) is 11.3 Å². The lowest BCUT2D eigenvalue weighted by molar-refractivity contribution is -0.128. The number of likely N-dealkylation sites (tertiary alicyclic amines) is 1. The van der Waals surface area contributed by atoms with Gasteiger partial charge in [-0.3, -0.25) is 4.79 Å². The fourth-order valence-electron chi connectivity index (χ4n) is 2.64. The van der Waals surface area contributed by atoms with E-state index in [4.69, 9.17) is 5.73 Å². The third kappa shape index (κ3) is 3.73. The molecule has 20 heavy (non-hydrogen) atoms. The van der Waals surface area contributed by atoms with Gasteiger partial charge < -0.3 is 15.5 Å². The number of benzene rings is 1. The van der Waals surface area contributed by atoms with Gasteiger partial charge in [-0.1, -0.05) is 19.1 Å². The Bertz CT molecular complexity index is 424. The number of nitrogens with zero attached hydrogens (tertiary/aromatic N) is 2. The number of hydrogen-bond donors (Lipinski definition) is 1. The summed E-state index contributed by atoms with van der Waals surface area (Å²) in [5.41, 5.74) is 7.85. The van der Waals surface area contributed by atoms with Crippen molar-refractivity contribution in [3.63, 3.8) is 0 Å². The summed E-state index contributed by atoms with van der Waals surface area (Å²) in [7, 11) is 0. The molecule has 0 aromatic heterocycles. The van der Waals surface area contributed by atoms with Gasteiger partial charge in [-0.05, 0) is 37.0 Å². The maximum Gasteiger partial charge on any atom is 0.242 e. The van der Waals surface area contributed by atoms with E-state index in [0.717, 1.165) is 50.1 Å². The number of hydrogen-bond acceptors (Lipinski definition) is 3. The molecule has 1 aromatic carbocycles. The van der Waals surface area contributed by atoms with Crippen molar-refractivity contribution in [1.82, 2.24) is 4.90 Å². The predicted octanol–water partition coefficient (Wildman–Crippen LogP) is 1.98. The van der Waals surface area contributed by atoms with Crippen molar-refractivity contribution in [3.05, 3.63) is 29.8 Å². The van der Waals surface area contributed by atoms with Gasteiger partial charge in [0.25, 0.3) is 0 Å². The van der Waals surface area contributed by atoms with Crippen molar-refractivity contribution >= 4 is 11.6 Å². The van der Waals surface area contributed by atoms with Crippen LogP contribution >= 0.6 is 0 Å². The minimum atomic E-state index is 0.249. The largest absolute Gasteiger partial charge is 0.362 e. The van der Waals surface area contributed by atoms with Crippen molar-refractivity contribution in [2.75, 3.05) is 31.1 Å². The first-order valence-corrected chi connectivity index (χ1v) is 7.56. The lowest BCUT2D eigenvalue weighted by Gasteiger charge is -2.26. The predicted molar refractivity (Wildman–Crippen MR) is 82.7 cm³/mol. The number of carbonyl (C=O) groups is 1. The lowest BCUT2D eigenvalue weighted by atomic mass is 10.2. The molecule has 0 bridgehead atoms. The van der Waals surface area contributed by atoms with E-state index in [1.807, 2.05) is 17.0 Å². The van der Waals surface area contributed by atoms with Crippen LogP contribution in [-0.4, -0.2) is 37.0 Å². The minimum absolute atomic E-state index is 0.249. The maximum absolute atomic E-state index is 12.3. The van der Waals surface area contributed by atoms with Crippen molar-refractivity contribution < 1.29 is 4.79 Å². The van der Waals surface area contributed by atoms with Crippen LogP contribution in [0.3, 0.4) is 0 Å². The van der Waals surface area contributed by atoms with Gasteiger partial charge in [0.15, 0.2) is 0 Å². The molecule has 4 nitrogen and oxygen atoms in total. The minimum Gasteiger partial charge on any atom is -0.362 e. The summed E-state index contributed by atoms with van der Waals surface area (Å²) in [6, 6.07) is 8.21. The quantitative estimate of drug-likeness (QED) is 0.863. The van der Waals surface area contributed by atoms with Crippen molar-refractivity contribution in [1.29, 1.82) is 0 Å². The molecule has 4 heteroatoms. The first kappa shape index (κ1) is 14.9. The summed E-state index contributed by atoms with van der Waals surface area (Å²) in [5.74, 6) is 0.249. The van der Waals surface area contributed by atoms with Crippen LogP contribution < -0.4 is 10.6 Å². The Balaban J connectivity index is 2.03. The van der Waals surface area contributed by atoms with Gasteiger partial charge in [-0.15, -0.1) is 0 Å². The van der Waals surface area contributed by atoms with Crippen LogP contribution in [0.25, 0.3) is 0 Å². The SMILES string of the molecule is CCCN(CC(=O)N1CCCC1)c1ccc(CN)cc1. The highest BCUT2D eigenvalue weighted by Gasteiger charge is 2.20. The van der Waals surface area contributed by atoms with E-state index in [0.29, 0.717) is 13.1 Å². The average molecular weight is 275 g/mol. The number of carbonyl (C=O) groups excluding carboxylic acids is 1. The molecule has 1 fully saturated rings. The van der Waals surface area contributed by atoms with Crippen LogP contribution in [0.4, 0.5) is 5.69 Å². The second-order valence-electron chi connectivity index (χ2n) is 5.38. The topological polar surface area (TPSA) is 49.6 Å². The Labute approximate surface area is 121 Å². The molecular formula is C16H25N3O. The fourth-order valence-corrected chi connectivity index (χ4v) is 2.64. The molecule has 2 N–H and O–H groups in total.